The first-order chi connectivity index (χ1) is 11.8. The second kappa shape index (κ2) is 7.59. The number of nitrogens with one attached hydrogen (secondary N) is 1. The first-order valence-electron chi connectivity index (χ1n) is 7.94. The van der Waals surface area contributed by atoms with Crippen molar-refractivity contribution in [1.29, 1.82) is 0 Å². The number of hydrazone groups is 1. The Morgan fingerprint density at radius 1 is 1.33 bits per heavy atom. The smallest absolute Gasteiger partial charge is 0.272 e. The van der Waals surface area contributed by atoms with Gasteiger partial charge in [0.15, 0.2) is 0 Å². The fraction of sp³-hybridized carbons (Fsp3) is 0.278. The van der Waals surface area contributed by atoms with Gasteiger partial charge in [0.1, 0.15) is 5.75 Å². The molecule has 1 N–H and O–H groups in total. The van der Waals surface area contributed by atoms with Gasteiger partial charge in [-0.2, -0.15) is 5.10 Å². The summed E-state index contributed by atoms with van der Waals surface area (Å²) in [6.45, 7) is 2.16. The molecule has 1 fully saturated rings. The molecule has 24 heavy (non-hydrogen) atoms. The van der Waals surface area contributed by atoms with E-state index in [0.717, 1.165) is 30.1 Å². The van der Waals surface area contributed by atoms with E-state index in [0.29, 0.717) is 5.56 Å². The molecule has 1 aliphatic heterocycles. The van der Waals surface area contributed by atoms with Crippen LogP contribution in [0.15, 0.2) is 47.8 Å². The van der Waals surface area contributed by atoms with Crippen LogP contribution >= 0.6 is 0 Å². The lowest BCUT2D eigenvalue weighted by Gasteiger charge is -2.18. The fourth-order valence-corrected chi connectivity index (χ4v) is 2.70. The van der Waals surface area contributed by atoms with E-state index in [1.165, 1.54) is 19.0 Å². The molecular weight excluding hydrogens is 304 g/mol. The van der Waals surface area contributed by atoms with E-state index in [-0.39, 0.29) is 5.91 Å². The highest BCUT2D eigenvalue weighted by Gasteiger charge is 2.14. The Labute approximate surface area is 141 Å². The molecule has 2 aromatic rings. The minimum Gasteiger partial charge on any atom is -0.496 e. The Morgan fingerprint density at radius 2 is 2.17 bits per heavy atom. The number of hydrogen-bond acceptors (Lipinski definition) is 5. The highest BCUT2D eigenvalue weighted by atomic mass is 16.5. The Bertz CT molecular complexity index is 725. The van der Waals surface area contributed by atoms with Crippen molar-refractivity contribution in [2.75, 3.05) is 25.1 Å². The van der Waals surface area contributed by atoms with Crippen LogP contribution in [0.25, 0.3) is 0 Å². The summed E-state index contributed by atoms with van der Waals surface area (Å²) in [7, 11) is 1.63. The highest BCUT2D eigenvalue weighted by Crippen LogP contribution is 2.27. The third kappa shape index (κ3) is 3.71. The van der Waals surface area contributed by atoms with Crippen LogP contribution in [-0.4, -0.2) is 37.3 Å². The highest BCUT2D eigenvalue weighted by molar-refractivity contribution is 5.94. The maximum atomic E-state index is 11.9. The minimum absolute atomic E-state index is 0.299. The van der Waals surface area contributed by atoms with E-state index in [1.807, 2.05) is 12.1 Å². The minimum atomic E-state index is -0.299. The summed E-state index contributed by atoms with van der Waals surface area (Å²) in [4.78, 5) is 18.2. The summed E-state index contributed by atoms with van der Waals surface area (Å²) < 4.78 is 5.45. The van der Waals surface area contributed by atoms with Crippen molar-refractivity contribution >= 4 is 17.8 Å². The summed E-state index contributed by atoms with van der Waals surface area (Å²) in [5, 5.41) is 4.01. The Kier molecular flexibility index (Phi) is 5.05. The second-order valence-electron chi connectivity index (χ2n) is 5.56. The van der Waals surface area contributed by atoms with Crippen LogP contribution in [0.2, 0.25) is 0 Å². The summed E-state index contributed by atoms with van der Waals surface area (Å²) in [5.74, 6) is 0.436. The van der Waals surface area contributed by atoms with Crippen molar-refractivity contribution in [2.24, 2.45) is 5.10 Å². The predicted molar refractivity (Wildman–Crippen MR) is 93.7 cm³/mol. The molecule has 0 saturated carbocycles. The monoisotopic (exact) mass is 324 g/mol. The molecule has 1 aromatic heterocycles. The molecule has 0 radical (unpaired) electrons. The van der Waals surface area contributed by atoms with Crippen molar-refractivity contribution in [1.82, 2.24) is 10.4 Å². The second-order valence-corrected chi connectivity index (χ2v) is 5.56. The lowest BCUT2D eigenvalue weighted by molar-refractivity contribution is 0.0955. The quantitative estimate of drug-likeness (QED) is 0.678. The summed E-state index contributed by atoms with van der Waals surface area (Å²) in [5.41, 5.74) is 4.92. The number of benzene rings is 1. The molecule has 1 amide bonds. The Morgan fingerprint density at radius 3 is 2.88 bits per heavy atom. The van der Waals surface area contributed by atoms with Crippen molar-refractivity contribution < 1.29 is 9.53 Å². The molecule has 1 aliphatic rings. The van der Waals surface area contributed by atoms with E-state index in [9.17, 15) is 4.79 Å². The van der Waals surface area contributed by atoms with E-state index in [4.69, 9.17) is 4.74 Å². The van der Waals surface area contributed by atoms with Crippen molar-refractivity contribution in [3.8, 4) is 5.75 Å². The maximum Gasteiger partial charge on any atom is 0.272 e. The zero-order chi connectivity index (χ0) is 16.8. The standard InChI is InChI=1S/C18H20N4O2/c1-24-17-11-16(22-9-2-3-10-22)7-6-14(17)13-20-21-18(23)15-5-4-8-19-12-15/h4-8,11-13H,2-3,9-10H2,1H3,(H,21,23). The van der Waals surface area contributed by atoms with Gasteiger partial charge in [0.25, 0.3) is 5.91 Å². The van der Waals surface area contributed by atoms with Gasteiger partial charge in [-0.3, -0.25) is 9.78 Å². The topological polar surface area (TPSA) is 66.8 Å². The van der Waals surface area contributed by atoms with Gasteiger partial charge in [-0.1, -0.05) is 0 Å². The van der Waals surface area contributed by atoms with Crippen molar-refractivity contribution in [2.45, 2.75) is 12.8 Å². The molecule has 0 unspecified atom stereocenters. The van der Waals surface area contributed by atoms with Gasteiger partial charge in [0.05, 0.1) is 18.9 Å². The van der Waals surface area contributed by atoms with Crippen molar-refractivity contribution in [3.05, 3.63) is 53.9 Å². The third-order valence-corrected chi connectivity index (χ3v) is 3.98. The van der Waals surface area contributed by atoms with Crippen LogP contribution in [-0.2, 0) is 0 Å². The van der Waals surface area contributed by atoms with Gasteiger partial charge in [-0.15, -0.1) is 0 Å². The molecule has 2 heterocycles. The van der Waals surface area contributed by atoms with E-state index < -0.39 is 0 Å². The fourth-order valence-electron chi connectivity index (χ4n) is 2.70. The lowest BCUT2D eigenvalue weighted by Crippen LogP contribution is -2.18. The third-order valence-electron chi connectivity index (χ3n) is 3.98. The molecule has 6 nitrogen and oxygen atoms in total. The van der Waals surface area contributed by atoms with Crippen molar-refractivity contribution in [3.63, 3.8) is 0 Å². The molecule has 1 saturated heterocycles. The number of carbonyl (C=O) groups is 1. The first-order valence-corrected chi connectivity index (χ1v) is 7.94. The van der Waals surface area contributed by atoms with Crippen LogP contribution in [0.1, 0.15) is 28.8 Å². The van der Waals surface area contributed by atoms with Gasteiger partial charge in [0.2, 0.25) is 0 Å². The number of aromatic nitrogens is 1. The number of amides is 1. The SMILES string of the molecule is COc1cc(N2CCCC2)ccc1C=NNC(=O)c1cccnc1. The summed E-state index contributed by atoms with van der Waals surface area (Å²) in [6.07, 6.45) is 7.15. The number of nitrogens with zero attached hydrogens (tertiary/aromatic N) is 3. The summed E-state index contributed by atoms with van der Waals surface area (Å²) >= 11 is 0. The molecule has 6 heteroatoms. The van der Waals surface area contributed by atoms with Gasteiger partial charge < -0.3 is 9.64 Å². The van der Waals surface area contributed by atoms with Crippen LogP contribution in [0.3, 0.4) is 0 Å². The Balaban J connectivity index is 1.68. The lowest BCUT2D eigenvalue weighted by atomic mass is 10.2. The maximum absolute atomic E-state index is 11.9. The van der Waals surface area contributed by atoms with Crippen LogP contribution in [0, 0.1) is 0 Å². The molecular formula is C18H20N4O2. The van der Waals surface area contributed by atoms with Gasteiger partial charge >= 0.3 is 0 Å². The number of hydrogen-bond donors (Lipinski definition) is 1. The number of rotatable bonds is 5. The number of ether oxygens (including phenoxy) is 1. The molecule has 0 aliphatic carbocycles. The molecule has 0 spiro atoms. The average Bonchev–Trinajstić information content (AvgIpc) is 3.17. The predicted octanol–water partition coefficient (Wildman–Crippen LogP) is 2.45. The van der Waals surface area contributed by atoms with Gasteiger partial charge in [-0.05, 0) is 37.1 Å². The molecule has 3 rings (SSSR count). The molecule has 124 valence electrons. The largest absolute Gasteiger partial charge is 0.496 e. The molecule has 0 atom stereocenters. The van der Waals surface area contributed by atoms with E-state index in [2.05, 4.69) is 26.5 Å². The van der Waals surface area contributed by atoms with Crippen LogP contribution in [0.4, 0.5) is 5.69 Å². The van der Waals surface area contributed by atoms with E-state index >= 15 is 0 Å². The van der Waals surface area contributed by atoms with E-state index in [1.54, 1.807) is 31.7 Å². The number of pyridine rings is 1. The molecule has 1 aromatic carbocycles. The van der Waals surface area contributed by atoms with Gasteiger partial charge in [-0.25, -0.2) is 5.43 Å². The van der Waals surface area contributed by atoms with Gasteiger partial charge in [0, 0.05) is 42.8 Å². The average molecular weight is 324 g/mol. The summed E-state index contributed by atoms with van der Waals surface area (Å²) in [6, 6.07) is 9.40. The zero-order valence-electron chi connectivity index (χ0n) is 13.6. The number of methoxy groups -OCH3 is 1. The van der Waals surface area contributed by atoms with Crippen LogP contribution < -0.4 is 15.1 Å². The normalized spacial score (nSPS) is 14.1. The molecule has 0 bridgehead atoms. The zero-order valence-corrected chi connectivity index (χ0v) is 13.6. The first kappa shape index (κ1) is 16.0. The van der Waals surface area contributed by atoms with Crippen LogP contribution in [0.5, 0.6) is 5.75 Å². The Hall–Kier alpha value is -2.89. The number of carbonyl (C=O) groups excluding carboxylic acids is 1. The number of anilines is 1.